The third-order valence-corrected chi connectivity index (χ3v) is 6.42. The van der Waals surface area contributed by atoms with Crippen molar-refractivity contribution < 1.29 is 9.42 Å². The molecule has 0 spiro atoms. The summed E-state index contributed by atoms with van der Waals surface area (Å²) < 4.78 is 6.11. The quantitative estimate of drug-likeness (QED) is 0.287. The molecule has 1 aliphatic heterocycles. The molecule has 0 unspecified atom stereocenters. The number of fused-ring (bicyclic) bond motifs is 1. The van der Waals surface area contributed by atoms with Crippen molar-refractivity contribution in [1.29, 1.82) is 0 Å². The van der Waals surface area contributed by atoms with E-state index in [4.69, 9.17) is 33.6 Å². The Balaban J connectivity index is 1.47. The molecule has 0 fully saturated rings. The van der Waals surface area contributed by atoms with Crippen molar-refractivity contribution in [2.24, 2.45) is 5.10 Å². The number of nitrogens with zero attached hydrogens (tertiary/aromatic N) is 7. The number of halogens is 2. The Morgan fingerprint density at radius 2 is 2.06 bits per heavy atom. The second kappa shape index (κ2) is 9.96. The molecule has 4 aromatic rings. The van der Waals surface area contributed by atoms with Crippen LogP contribution in [0.2, 0.25) is 10.0 Å². The number of carbonyl (C=O) groups is 1. The van der Waals surface area contributed by atoms with Crippen molar-refractivity contribution in [1.82, 2.24) is 30.7 Å². The van der Waals surface area contributed by atoms with E-state index in [9.17, 15) is 4.79 Å². The summed E-state index contributed by atoms with van der Waals surface area (Å²) in [5.74, 6) is -0.381. The molecule has 184 valence electrons. The molecule has 13 heteroatoms. The van der Waals surface area contributed by atoms with Crippen LogP contribution in [0.15, 0.2) is 52.2 Å². The first-order valence-corrected chi connectivity index (χ1v) is 11.8. The summed E-state index contributed by atoms with van der Waals surface area (Å²) in [6.07, 6.45) is 1.96. The SMILES string of the molecule is CC(=NNC(=O)c1nnn(-c2nonc2N)c1CN1CCCc2ccccc21)c1ccc(Cl)cc1Cl. The molecule has 5 rings (SSSR count). The van der Waals surface area contributed by atoms with Gasteiger partial charge in [0.2, 0.25) is 11.6 Å². The number of hydrogen-bond acceptors (Lipinski definition) is 9. The molecule has 3 heterocycles. The van der Waals surface area contributed by atoms with Crippen LogP contribution in [0.1, 0.15) is 40.7 Å². The van der Waals surface area contributed by atoms with E-state index in [2.05, 4.69) is 48.2 Å². The Bertz CT molecular complexity index is 1460. The van der Waals surface area contributed by atoms with Crippen LogP contribution in [-0.2, 0) is 13.0 Å². The molecule has 0 radical (unpaired) electrons. The average Bonchev–Trinajstić information content (AvgIpc) is 3.48. The van der Waals surface area contributed by atoms with Gasteiger partial charge in [0.15, 0.2) is 5.69 Å². The van der Waals surface area contributed by atoms with Gasteiger partial charge in [-0.15, -0.1) is 5.10 Å². The number of carbonyl (C=O) groups excluding carboxylic acids is 1. The van der Waals surface area contributed by atoms with Crippen LogP contribution in [0.25, 0.3) is 5.82 Å². The standard InChI is InChI=1S/C23H21Cl2N9O2/c1-13(16-9-8-15(24)11-17(16)25)27-29-23(35)20-19(34(32-28-20)22-21(26)30-36-31-22)12-33-10-4-6-14-5-2-3-7-18(14)33/h2-3,5,7-9,11H,4,6,10,12H2,1H3,(H2,26,30)(H,29,35). The van der Waals surface area contributed by atoms with Crippen molar-refractivity contribution in [3.05, 3.63) is 75.0 Å². The lowest BCUT2D eigenvalue weighted by atomic mass is 10.0. The van der Waals surface area contributed by atoms with Crippen molar-refractivity contribution in [2.45, 2.75) is 26.3 Å². The number of hydrogen-bond donors (Lipinski definition) is 2. The summed E-state index contributed by atoms with van der Waals surface area (Å²) in [4.78, 5) is 15.4. The zero-order chi connectivity index (χ0) is 25.2. The fourth-order valence-corrected chi connectivity index (χ4v) is 4.66. The first kappa shape index (κ1) is 23.8. The second-order valence-corrected chi connectivity index (χ2v) is 9.03. The summed E-state index contributed by atoms with van der Waals surface area (Å²) in [5, 5.41) is 20.8. The number of amides is 1. The normalized spacial score (nSPS) is 13.5. The fourth-order valence-electron chi connectivity index (χ4n) is 4.12. The Hall–Kier alpha value is -3.96. The Kier molecular flexibility index (Phi) is 6.57. The molecule has 3 N–H and O–H groups in total. The van der Waals surface area contributed by atoms with Gasteiger partial charge in [0.05, 0.1) is 23.0 Å². The smallest absolute Gasteiger partial charge is 0.293 e. The summed E-state index contributed by atoms with van der Waals surface area (Å²) in [6, 6.07) is 13.2. The van der Waals surface area contributed by atoms with E-state index in [1.165, 1.54) is 10.2 Å². The van der Waals surface area contributed by atoms with E-state index < -0.39 is 5.91 Å². The van der Waals surface area contributed by atoms with Gasteiger partial charge in [0.1, 0.15) is 0 Å². The third kappa shape index (κ3) is 4.62. The number of nitrogens with one attached hydrogen (secondary N) is 1. The number of rotatable bonds is 6. The van der Waals surface area contributed by atoms with Crippen LogP contribution in [0.3, 0.4) is 0 Å². The van der Waals surface area contributed by atoms with Crippen molar-refractivity contribution in [3.8, 4) is 5.82 Å². The van der Waals surface area contributed by atoms with Crippen LogP contribution < -0.4 is 16.1 Å². The molecule has 0 atom stereocenters. The lowest BCUT2D eigenvalue weighted by Gasteiger charge is -2.31. The number of para-hydroxylation sites is 1. The lowest BCUT2D eigenvalue weighted by Crippen LogP contribution is -2.31. The Morgan fingerprint density at radius 1 is 1.22 bits per heavy atom. The molecular formula is C23H21Cl2N9O2. The number of aryl methyl sites for hydroxylation is 1. The highest BCUT2D eigenvalue weighted by atomic mass is 35.5. The molecule has 11 nitrogen and oxygen atoms in total. The van der Waals surface area contributed by atoms with E-state index in [1.807, 2.05) is 12.1 Å². The predicted octanol–water partition coefficient (Wildman–Crippen LogP) is 3.65. The van der Waals surface area contributed by atoms with E-state index in [0.29, 0.717) is 33.6 Å². The van der Waals surface area contributed by atoms with Crippen LogP contribution in [0, 0.1) is 0 Å². The minimum absolute atomic E-state index is 0.0263. The molecule has 36 heavy (non-hydrogen) atoms. The predicted molar refractivity (Wildman–Crippen MR) is 136 cm³/mol. The molecule has 2 aromatic carbocycles. The summed E-state index contributed by atoms with van der Waals surface area (Å²) in [7, 11) is 0. The van der Waals surface area contributed by atoms with Crippen molar-refractivity contribution >= 4 is 46.3 Å². The van der Waals surface area contributed by atoms with Gasteiger partial charge in [-0.05, 0) is 53.8 Å². The highest BCUT2D eigenvalue weighted by Crippen LogP contribution is 2.29. The fraction of sp³-hybridized carbons (Fsp3) is 0.217. The summed E-state index contributed by atoms with van der Waals surface area (Å²) in [6.45, 7) is 2.84. The van der Waals surface area contributed by atoms with E-state index in [0.717, 1.165) is 25.1 Å². The summed E-state index contributed by atoms with van der Waals surface area (Å²) >= 11 is 12.2. The summed E-state index contributed by atoms with van der Waals surface area (Å²) in [5.41, 5.74) is 12.4. The van der Waals surface area contributed by atoms with E-state index >= 15 is 0 Å². The molecule has 2 aromatic heterocycles. The number of aromatic nitrogens is 5. The van der Waals surface area contributed by atoms with Crippen molar-refractivity contribution in [2.75, 3.05) is 17.2 Å². The van der Waals surface area contributed by atoms with Gasteiger partial charge in [0, 0.05) is 22.8 Å². The number of anilines is 2. The average molecular weight is 526 g/mol. The van der Waals surface area contributed by atoms with Crippen LogP contribution >= 0.6 is 23.2 Å². The van der Waals surface area contributed by atoms with E-state index in [-0.39, 0.29) is 17.3 Å². The zero-order valence-corrected chi connectivity index (χ0v) is 20.7. The van der Waals surface area contributed by atoms with Crippen LogP contribution in [-0.4, -0.2) is 43.5 Å². The van der Waals surface area contributed by atoms with Gasteiger partial charge < -0.3 is 10.6 Å². The Labute approximate surface area is 215 Å². The third-order valence-electron chi connectivity index (χ3n) is 5.87. The second-order valence-electron chi connectivity index (χ2n) is 8.19. The maximum atomic E-state index is 13.2. The molecule has 0 aliphatic carbocycles. The molecular weight excluding hydrogens is 505 g/mol. The maximum absolute atomic E-state index is 13.2. The molecule has 0 bridgehead atoms. The highest BCUT2D eigenvalue weighted by molar-refractivity contribution is 6.37. The van der Waals surface area contributed by atoms with Gasteiger partial charge in [0.25, 0.3) is 5.91 Å². The van der Waals surface area contributed by atoms with Crippen LogP contribution in [0.5, 0.6) is 0 Å². The highest BCUT2D eigenvalue weighted by Gasteiger charge is 2.27. The molecule has 0 saturated heterocycles. The van der Waals surface area contributed by atoms with E-state index in [1.54, 1.807) is 25.1 Å². The minimum Gasteiger partial charge on any atom is -0.378 e. The van der Waals surface area contributed by atoms with Crippen molar-refractivity contribution in [3.63, 3.8) is 0 Å². The first-order chi connectivity index (χ1) is 17.4. The van der Waals surface area contributed by atoms with Gasteiger partial charge in [-0.25, -0.2) is 10.1 Å². The zero-order valence-electron chi connectivity index (χ0n) is 19.2. The molecule has 1 amide bonds. The Morgan fingerprint density at radius 3 is 2.83 bits per heavy atom. The topological polar surface area (TPSA) is 140 Å². The number of nitrogens with two attached hydrogens (primary N) is 1. The number of nitrogen functional groups attached to an aromatic ring is 1. The maximum Gasteiger partial charge on any atom is 0.293 e. The molecule has 0 saturated carbocycles. The number of hydrazone groups is 1. The van der Waals surface area contributed by atoms with Gasteiger partial charge in [-0.3, -0.25) is 4.79 Å². The number of benzene rings is 2. The van der Waals surface area contributed by atoms with Gasteiger partial charge >= 0.3 is 0 Å². The first-order valence-electron chi connectivity index (χ1n) is 11.1. The van der Waals surface area contributed by atoms with Gasteiger partial charge in [-0.2, -0.15) is 9.78 Å². The minimum atomic E-state index is -0.555. The molecule has 1 aliphatic rings. The lowest BCUT2D eigenvalue weighted by molar-refractivity contribution is 0.0948. The van der Waals surface area contributed by atoms with Gasteiger partial charge in [-0.1, -0.05) is 52.7 Å². The van der Waals surface area contributed by atoms with Crippen LogP contribution in [0.4, 0.5) is 11.5 Å². The largest absolute Gasteiger partial charge is 0.378 e. The monoisotopic (exact) mass is 525 g/mol.